The monoisotopic (exact) mass is 358 g/mol. The molecule has 1 unspecified atom stereocenters. The predicted molar refractivity (Wildman–Crippen MR) is 95.3 cm³/mol. The molecule has 1 atom stereocenters. The summed E-state index contributed by atoms with van der Waals surface area (Å²) in [6.07, 6.45) is 1.56. The summed E-state index contributed by atoms with van der Waals surface area (Å²) in [5.74, 6) is -1.10. The van der Waals surface area contributed by atoms with E-state index in [1.165, 1.54) is 12.0 Å². The van der Waals surface area contributed by atoms with Gasteiger partial charge in [0.05, 0.1) is 30.9 Å². The molecule has 0 aromatic heterocycles. The number of ether oxygens (including phenoxy) is 2. The lowest BCUT2D eigenvalue weighted by Crippen LogP contribution is -2.48. The van der Waals surface area contributed by atoms with Crippen LogP contribution in [-0.4, -0.2) is 43.1 Å². The Hall–Kier alpha value is -3.09. The number of rotatable bonds is 6. The molecule has 1 aromatic carbocycles. The van der Waals surface area contributed by atoms with Gasteiger partial charge in [0.1, 0.15) is 0 Å². The van der Waals surface area contributed by atoms with Crippen LogP contribution in [0.25, 0.3) is 0 Å². The van der Waals surface area contributed by atoms with Gasteiger partial charge in [-0.3, -0.25) is 4.90 Å². The van der Waals surface area contributed by atoms with Crippen LogP contribution in [0.3, 0.4) is 0 Å². The summed E-state index contributed by atoms with van der Waals surface area (Å²) in [6, 6.07) is 5.46. The quantitative estimate of drug-likeness (QED) is 0.624. The van der Waals surface area contributed by atoms with Gasteiger partial charge in [0, 0.05) is 12.2 Å². The minimum absolute atomic E-state index is 0.191. The van der Waals surface area contributed by atoms with Crippen LogP contribution in [0.15, 0.2) is 48.2 Å². The minimum Gasteiger partial charge on any atom is -0.465 e. The van der Waals surface area contributed by atoms with Crippen LogP contribution < -0.4 is 5.32 Å². The average molecular weight is 358 g/mol. The largest absolute Gasteiger partial charge is 0.465 e. The Labute approximate surface area is 152 Å². The van der Waals surface area contributed by atoms with Crippen LogP contribution in [-0.2, 0) is 14.3 Å². The molecular weight excluding hydrogens is 336 g/mol. The van der Waals surface area contributed by atoms with Crippen LogP contribution in [0.2, 0.25) is 0 Å². The lowest BCUT2D eigenvalue weighted by Gasteiger charge is -2.35. The third-order valence-corrected chi connectivity index (χ3v) is 4.08. The van der Waals surface area contributed by atoms with Gasteiger partial charge in [-0.2, -0.15) is 0 Å². The predicted octanol–water partition coefficient (Wildman–Crippen LogP) is 2.56. The Balaban J connectivity index is 2.63. The normalized spacial score (nSPS) is 16.8. The van der Waals surface area contributed by atoms with E-state index in [0.717, 1.165) is 0 Å². The van der Waals surface area contributed by atoms with E-state index in [1.54, 1.807) is 44.2 Å². The van der Waals surface area contributed by atoms with Gasteiger partial charge in [-0.25, -0.2) is 14.4 Å². The standard InChI is InChI=1S/C19H22N2O5/c1-5-11-21-12(3)15(18(23)26-6-2)16(20-19(21)24)13-9-7-8-10-14(13)17(22)25-4/h5,7-10,16H,1,6,11H2,2-4H3,(H,20,24). The summed E-state index contributed by atoms with van der Waals surface area (Å²) in [7, 11) is 1.28. The SMILES string of the molecule is C=CCN1C(=O)NC(c2ccccc2C(=O)OC)C(C(=O)OCC)=C1C. The van der Waals surface area contributed by atoms with Gasteiger partial charge >= 0.3 is 18.0 Å². The zero-order chi connectivity index (χ0) is 19.3. The molecule has 0 radical (unpaired) electrons. The molecule has 1 aliphatic heterocycles. The first-order chi connectivity index (χ1) is 12.5. The van der Waals surface area contributed by atoms with E-state index in [-0.39, 0.29) is 30.3 Å². The van der Waals surface area contributed by atoms with Crippen LogP contribution in [0.1, 0.15) is 35.8 Å². The zero-order valence-electron chi connectivity index (χ0n) is 15.1. The average Bonchev–Trinajstić information content (AvgIpc) is 2.64. The van der Waals surface area contributed by atoms with Gasteiger partial charge in [-0.05, 0) is 25.5 Å². The molecule has 1 N–H and O–H groups in total. The highest BCUT2D eigenvalue weighted by Gasteiger charge is 2.37. The number of hydrogen-bond acceptors (Lipinski definition) is 5. The highest BCUT2D eigenvalue weighted by Crippen LogP contribution is 2.33. The number of esters is 2. The summed E-state index contributed by atoms with van der Waals surface area (Å²) in [5.41, 5.74) is 1.46. The fourth-order valence-corrected chi connectivity index (χ4v) is 2.88. The van der Waals surface area contributed by atoms with Crippen molar-refractivity contribution >= 4 is 18.0 Å². The number of allylic oxidation sites excluding steroid dienone is 1. The van der Waals surface area contributed by atoms with Gasteiger partial charge < -0.3 is 14.8 Å². The summed E-state index contributed by atoms with van der Waals surface area (Å²) >= 11 is 0. The van der Waals surface area contributed by atoms with Crippen molar-refractivity contribution in [3.8, 4) is 0 Å². The minimum atomic E-state index is -0.821. The van der Waals surface area contributed by atoms with E-state index in [2.05, 4.69) is 11.9 Å². The molecule has 2 amide bonds. The molecule has 0 saturated carbocycles. The number of nitrogens with zero attached hydrogens (tertiary/aromatic N) is 1. The highest BCUT2D eigenvalue weighted by molar-refractivity contribution is 5.97. The van der Waals surface area contributed by atoms with Crippen molar-refractivity contribution in [2.75, 3.05) is 20.3 Å². The molecular formula is C19H22N2O5. The van der Waals surface area contributed by atoms with Crippen molar-refractivity contribution in [2.24, 2.45) is 0 Å². The fourth-order valence-electron chi connectivity index (χ4n) is 2.88. The molecule has 1 aliphatic rings. The number of benzene rings is 1. The molecule has 1 heterocycles. The van der Waals surface area contributed by atoms with Gasteiger partial charge in [0.2, 0.25) is 0 Å². The molecule has 26 heavy (non-hydrogen) atoms. The Morgan fingerprint density at radius 1 is 1.31 bits per heavy atom. The molecule has 0 saturated heterocycles. The van der Waals surface area contributed by atoms with E-state index in [4.69, 9.17) is 9.47 Å². The van der Waals surface area contributed by atoms with E-state index in [1.807, 2.05) is 0 Å². The molecule has 0 fully saturated rings. The molecule has 0 spiro atoms. The van der Waals surface area contributed by atoms with E-state index < -0.39 is 18.0 Å². The topological polar surface area (TPSA) is 84.9 Å². The first-order valence-electron chi connectivity index (χ1n) is 8.20. The number of carbonyl (C=O) groups excluding carboxylic acids is 3. The third-order valence-electron chi connectivity index (χ3n) is 4.08. The van der Waals surface area contributed by atoms with E-state index in [0.29, 0.717) is 11.3 Å². The number of carbonyl (C=O) groups is 3. The Morgan fingerprint density at radius 2 is 2.00 bits per heavy atom. The van der Waals surface area contributed by atoms with Crippen molar-refractivity contribution in [3.63, 3.8) is 0 Å². The van der Waals surface area contributed by atoms with E-state index >= 15 is 0 Å². The van der Waals surface area contributed by atoms with Gasteiger partial charge in [-0.15, -0.1) is 6.58 Å². The van der Waals surface area contributed by atoms with Crippen LogP contribution in [0, 0.1) is 0 Å². The zero-order valence-corrected chi connectivity index (χ0v) is 15.1. The maximum atomic E-state index is 12.6. The smallest absolute Gasteiger partial charge is 0.338 e. The fraction of sp³-hybridized carbons (Fsp3) is 0.316. The summed E-state index contributed by atoms with van der Waals surface area (Å²) in [6.45, 7) is 7.44. The molecule has 1 aromatic rings. The van der Waals surface area contributed by atoms with Crippen molar-refractivity contribution in [2.45, 2.75) is 19.9 Å². The third kappa shape index (κ3) is 3.61. The second kappa shape index (κ2) is 8.33. The number of methoxy groups -OCH3 is 1. The van der Waals surface area contributed by atoms with Crippen LogP contribution in [0.4, 0.5) is 4.79 Å². The summed E-state index contributed by atoms with van der Waals surface area (Å²) < 4.78 is 9.99. The number of urea groups is 1. The molecule has 0 bridgehead atoms. The molecule has 7 nitrogen and oxygen atoms in total. The Bertz CT molecular complexity index is 769. The first-order valence-corrected chi connectivity index (χ1v) is 8.20. The Kier molecular flexibility index (Phi) is 6.16. The summed E-state index contributed by atoms with van der Waals surface area (Å²) in [5, 5.41) is 2.78. The maximum Gasteiger partial charge on any atom is 0.338 e. The number of amides is 2. The molecule has 2 rings (SSSR count). The second-order valence-electron chi connectivity index (χ2n) is 5.58. The van der Waals surface area contributed by atoms with Crippen molar-refractivity contribution in [3.05, 3.63) is 59.3 Å². The lowest BCUT2D eigenvalue weighted by molar-refractivity contribution is -0.139. The van der Waals surface area contributed by atoms with Crippen molar-refractivity contribution in [1.29, 1.82) is 0 Å². The second-order valence-corrected chi connectivity index (χ2v) is 5.58. The van der Waals surface area contributed by atoms with Crippen molar-refractivity contribution in [1.82, 2.24) is 10.2 Å². The first kappa shape index (κ1) is 19.2. The van der Waals surface area contributed by atoms with Crippen LogP contribution in [0.5, 0.6) is 0 Å². The number of hydrogen-bond donors (Lipinski definition) is 1. The summed E-state index contributed by atoms with van der Waals surface area (Å²) in [4.78, 5) is 38.6. The van der Waals surface area contributed by atoms with E-state index in [9.17, 15) is 14.4 Å². The van der Waals surface area contributed by atoms with Gasteiger partial charge in [-0.1, -0.05) is 24.3 Å². The Morgan fingerprint density at radius 3 is 2.62 bits per heavy atom. The molecule has 7 heteroatoms. The van der Waals surface area contributed by atoms with Gasteiger partial charge in [0.15, 0.2) is 0 Å². The highest BCUT2D eigenvalue weighted by atomic mass is 16.5. The van der Waals surface area contributed by atoms with Gasteiger partial charge in [0.25, 0.3) is 0 Å². The van der Waals surface area contributed by atoms with Crippen LogP contribution >= 0.6 is 0 Å². The lowest BCUT2D eigenvalue weighted by atomic mass is 9.91. The molecule has 138 valence electrons. The number of nitrogens with one attached hydrogen (secondary N) is 1. The molecule has 0 aliphatic carbocycles. The maximum absolute atomic E-state index is 12.6. The van der Waals surface area contributed by atoms with Crippen molar-refractivity contribution < 1.29 is 23.9 Å².